The Morgan fingerprint density at radius 1 is 1.39 bits per heavy atom. The molecule has 0 saturated carbocycles. The maximum atomic E-state index is 12.0. The fourth-order valence-electron chi connectivity index (χ4n) is 1.42. The first-order valence-corrected chi connectivity index (χ1v) is 5.82. The zero-order chi connectivity index (χ0) is 13.7. The van der Waals surface area contributed by atoms with Gasteiger partial charge in [-0.3, -0.25) is 9.59 Å². The Labute approximate surface area is 110 Å². The predicted octanol–water partition coefficient (Wildman–Crippen LogP) is 1.35. The summed E-state index contributed by atoms with van der Waals surface area (Å²) in [5, 5.41) is 9.37. The van der Waals surface area contributed by atoms with Crippen LogP contribution in [0.25, 0.3) is 0 Å². The van der Waals surface area contributed by atoms with Crippen LogP contribution < -0.4 is 10.6 Å². The SMILES string of the molecule is CC(CN)C(=O)N(CC(=O)O)c1ccc(Cl)cc1. The second-order valence-electron chi connectivity index (χ2n) is 3.93. The van der Waals surface area contributed by atoms with E-state index >= 15 is 0 Å². The Kier molecular flexibility index (Phi) is 5.12. The lowest BCUT2D eigenvalue weighted by Gasteiger charge is -2.23. The zero-order valence-corrected chi connectivity index (χ0v) is 10.7. The molecular formula is C12H15ClN2O3. The molecule has 1 amide bonds. The lowest BCUT2D eigenvalue weighted by molar-refractivity contribution is -0.137. The van der Waals surface area contributed by atoms with Gasteiger partial charge in [0.05, 0.1) is 0 Å². The summed E-state index contributed by atoms with van der Waals surface area (Å²) < 4.78 is 0. The van der Waals surface area contributed by atoms with Crippen LogP contribution in [0.2, 0.25) is 5.02 Å². The second kappa shape index (κ2) is 6.37. The molecule has 6 heteroatoms. The number of halogens is 1. The summed E-state index contributed by atoms with van der Waals surface area (Å²) >= 11 is 5.75. The lowest BCUT2D eigenvalue weighted by Crippen LogP contribution is -2.41. The number of nitrogens with two attached hydrogens (primary N) is 1. The summed E-state index contributed by atoms with van der Waals surface area (Å²) in [5.41, 5.74) is 5.92. The van der Waals surface area contributed by atoms with Crippen molar-refractivity contribution in [2.24, 2.45) is 11.7 Å². The van der Waals surface area contributed by atoms with Crippen molar-refractivity contribution in [3.63, 3.8) is 0 Å². The van der Waals surface area contributed by atoms with E-state index in [1.54, 1.807) is 31.2 Å². The number of hydrogen-bond donors (Lipinski definition) is 2. The Hall–Kier alpha value is -1.59. The smallest absolute Gasteiger partial charge is 0.323 e. The van der Waals surface area contributed by atoms with E-state index in [1.807, 2.05) is 0 Å². The molecule has 0 saturated heterocycles. The summed E-state index contributed by atoms with van der Waals surface area (Å²) in [4.78, 5) is 24.0. The van der Waals surface area contributed by atoms with Gasteiger partial charge in [-0.1, -0.05) is 18.5 Å². The van der Waals surface area contributed by atoms with Gasteiger partial charge in [-0.15, -0.1) is 0 Å². The molecule has 0 heterocycles. The standard InChI is InChI=1S/C12H15ClN2O3/c1-8(6-14)12(18)15(7-11(16)17)10-4-2-9(13)3-5-10/h2-5,8H,6-7,14H2,1H3,(H,16,17). The number of carboxylic acids is 1. The summed E-state index contributed by atoms with van der Waals surface area (Å²) in [6.45, 7) is 1.43. The second-order valence-corrected chi connectivity index (χ2v) is 4.37. The number of hydrogen-bond acceptors (Lipinski definition) is 3. The predicted molar refractivity (Wildman–Crippen MR) is 69.7 cm³/mol. The van der Waals surface area contributed by atoms with Crippen LogP contribution in [0, 0.1) is 5.92 Å². The van der Waals surface area contributed by atoms with Crippen LogP contribution in [0.3, 0.4) is 0 Å². The van der Waals surface area contributed by atoms with E-state index in [9.17, 15) is 9.59 Å². The molecule has 0 aromatic heterocycles. The fraction of sp³-hybridized carbons (Fsp3) is 0.333. The molecule has 1 aromatic carbocycles. The minimum Gasteiger partial charge on any atom is -0.480 e. The molecule has 1 unspecified atom stereocenters. The molecule has 5 nitrogen and oxygen atoms in total. The first-order valence-electron chi connectivity index (χ1n) is 5.44. The van der Waals surface area contributed by atoms with Gasteiger partial charge in [-0.25, -0.2) is 0 Å². The van der Waals surface area contributed by atoms with Gasteiger partial charge >= 0.3 is 5.97 Å². The van der Waals surface area contributed by atoms with Gasteiger partial charge in [0.15, 0.2) is 0 Å². The van der Waals surface area contributed by atoms with Gasteiger partial charge in [0.2, 0.25) is 5.91 Å². The van der Waals surface area contributed by atoms with Crippen molar-refractivity contribution in [3.05, 3.63) is 29.3 Å². The fourth-order valence-corrected chi connectivity index (χ4v) is 1.55. The molecule has 1 atom stereocenters. The van der Waals surface area contributed by atoms with Crippen LogP contribution in [-0.2, 0) is 9.59 Å². The van der Waals surface area contributed by atoms with E-state index in [-0.39, 0.29) is 12.5 Å². The first kappa shape index (κ1) is 14.5. The summed E-state index contributed by atoms with van der Waals surface area (Å²) in [6, 6.07) is 6.41. The number of amides is 1. The molecule has 1 aromatic rings. The van der Waals surface area contributed by atoms with Crippen LogP contribution in [0.5, 0.6) is 0 Å². The van der Waals surface area contributed by atoms with Crippen molar-refractivity contribution >= 4 is 29.2 Å². The Morgan fingerprint density at radius 3 is 2.39 bits per heavy atom. The Morgan fingerprint density at radius 2 is 1.94 bits per heavy atom. The molecule has 0 aliphatic rings. The van der Waals surface area contributed by atoms with Crippen LogP contribution in [0.15, 0.2) is 24.3 Å². The van der Waals surface area contributed by atoms with E-state index in [4.69, 9.17) is 22.4 Å². The van der Waals surface area contributed by atoms with Crippen molar-refractivity contribution in [2.45, 2.75) is 6.92 Å². The van der Waals surface area contributed by atoms with Crippen LogP contribution >= 0.6 is 11.6 Å². The molecule has 0 radical (unpaired) electrons. The summed E-state index contributed by atoms with van der Waals surface area (Å²) in [6.07, 6.45) is 0. The molecule has 3 N–H and O–H groups in total. The molecule has 18 heavy (non-hydrogen) atoms. The molecule has 1 rings (SSSR count). The van der Waals surface area contributed by atoms with Crippen molar-refractivity contribution in [3.8, 4) is 0 Å². The van der Waals surface area contributed by atoms with E-state index in [2.05, 4.69) is 0 Å². The zero-order valence-electron chi connectivity index (χ0n) is 9.97. The lowest BCUT2D eigenvalue weighted by atomic mass is 10.1. The normalized spacial score (nSPS) is 11.9. The van der Waals surface area contributed by atoms with Crippen molar-refractivity contribution in [1.82, 2.24) is 0 Å². The quantitative estimate of drug-likeness (QED) is 0.846. The number of carbonyl (C=O) groups is 2. The van der Waals surface area contributed by atoms with E-state index in [0.29, 0.717) is 10.7 Å². The minimum absolute atomic E-state index is 0.169. The van der Waals surface area contributed by atoms with Crippen LogP contribution in [0.1, 0.15) is 6.92 Å². The van der Waals surface area contributed by atoms with Gasteiger partial charge < -0.3 is 15.7 Å². The summed E-state index contributed by atoms with van der Waals surface area (Å²) in [7, 11) is 0. The highest BCUT2D eigenvalue weighted by molar-refractivity contribution is 6.30. The number of carbonyl (C=O) groups excluding carboxylic acids is 1. The topological polar surface area (TPSA) is 83.6 Å². The number of aliphatic carboxylic acids is 1. The number of benzene rings is 1. The average Bonchev–Trinajstić information content (AvgIpc) is 2.35. The number of rotatable bonds is 5. The van der Waals surface area contributed by atoms with Gasteiger partial charge in [-0.05, 0) is 24.3 Å². The maximum Gasteiger partial charge on any atom is 0.323 e. The Bertz CT molecular complexity index is 433. The van der Waals surface area contributed by atoms with E-state index in [0.717, 1.165) is 0 Å². The molecule has 0 aliphatic carbocycles. The minimum atomic E-state index is -1.08. The molecule has 0 spiro atoms. The highest BCUT2D eigenvalue weighted by atomic mass is 35.5. The van der Waals surface area contributed by atoms with Gasteiger partial charge in [0.1, 0.15) is 6.54 Å². The highest BCUT2D eigenvalue weighted by Gasteiger charge is 2.22. The average molecular weight is 271 g/mol. The molecular weight excluding hydrogens is 256 g/mol. The van der Waals surface area contributed by atoms with E-state index in [1.165, 1.54) is 4.90 Å². The number of carboxylic acid groups (broad SMARTS) is 1. The highest BCUT2D eigenvalue weighted by Crippen LogP contribution is 2.19. The van der Waals surface area contributed by atoms with Gasteiger partial charge in [0.25, 0.3) is 0 Å². The van der Waals surface area contributed by atoms with E-state index < -0.39 is 18.4 Å². The molecule has 0 bridgehead atoms. The van der Waals surface area contributed by atoms with Crippen molar-refractivity contribution < 1.29 is 14.7 Å². The van der Waals surface area contributed by atoms with Crippen molar-refractivity contribution in [2.75, 3.05) is 18.0 Å². The van der Waals surface area contributed by atoms with Gasteiger partial charge in [0, 0.05) is 23.2 Å². The van der Waals surface area contributed by atoms with Gasteiger partial charge in [-0.2, -0.15) is 0 Å². The first-order chi connectivity index (χ1) is 8.45. The number of anilines is 1. The molecule has 0 fully saturated rings. The number of nitrogens with zero attached hydrogens (tertiary/aromatic N) is 1. The van der Waals surface area contributed by atoms with Crippen LogP contribution in [0.4, 0.5) is 5.69 Å². The van der Waals surface area contributed by atoms with Crippen LogP contribution in [-0.4, -0.2) is 30.1 Å². The summed E-state index contributed by atoms with van der Waals surface area (Å²) in [5.74, 6) is -1.83. The largest absolute Gasteiger partial charge is 0.480 e. The molecule has 98 valence electrons. The third-order valence-corrected chi connectivity index (χ3v) is 2.72. The third-order valence-electron chi connectivity index (χ3n) is 2.47. The monoisotopic (exact) mass is 270 g/mol. The molecule has 0 aliphatic heterocycles. The van der Waals surface area contributed by atoms with Crippen molar-refractivity contribution in [1.29, 1.82) is 0 Å². The Balaban J connectivity index is 3.01. The maximum absolute atomic E-state index is 12.0. The third kappa shape index (κ3) is 3.72.